The maximum atomic E-state index is 12.1. The maximum Gasteiger partial charge on any atom is 0.287 e. The van der Waals surface area contributed by atoms with Crippen LogP contribution in [0.4, 0.5) is 0 Å². The second-order valence-electron chi connectivity index (χ2n) is 6.53. The van der Waals surface area contributed by atoms with Crippen molar-refractivity contribution in [3.05, 3.63) is 53.0 Å². The number of amides is 1. The molecule has 0 aliphatic heterocycles. The zero-order valence-corrected chi connectivity index (χ0v) is 15.4. The largest absolute Gasteiger partial charge is 0.485 e. The number of rotatable bonds is 7. The summed E-state index contributed by atoms with van der Waals surface area (Å²) in [6, 6.07) is 9.49. The highest BCUT2D eigenvalue weighted by molar-refractivity contribution is 5.91. The van der Waals surface area contributed by atoms with Gasteiger partial charge in [0.1, 0.15) is 18.1 Å². The molecule has 1 fully saturated rings. The van der Waals surface area contributed by atoms with E-state index in [0.717, 1.165) is 24.2 Å². The number of carbonyl (C=O) groups excluding carboxylic acids is 1. The average molecular weight is 365 g/mol. The Kier molecular flexibility index (Phi) is 6.51. The molecular formula is C19H25ClN2O3. The van der Waals surface area contributed by atoms with Crippen molar-refractivity contribution < 1.29 is 13.9 Å². The molecule has 3 rings (SSSR count). The van der Waals surface area contributed by atoms with Gasteiger partial charge in [0, 0.05) is 12.6 Å². The number of benzene rings is 1. The summed E-state index contributed by atoms with van der Waals surface area (Å²) >= 11 is 0. The Labute approximate surface area is 154 Å². The van der Waals surface area contributed by atoms with Gasteiger partial charge in [0.25, 0.3) is 5.91 Å². The van der Waals surface area contributed by atoms with Crippen LogP contribution >= 0.6 is 12.4 Å². The Bertz CT molecular complexity index is 725. The molecule has 0 saturated heterocycles. The fourth-order valence-corrected chi connectivity index (χ4v) is 2.68. The molecule has 1 atom stereocenters. The van der Waals surface area contributed by atoms with Crippen LogP contribution in [0.2, 0.25) is 0 Å². The number of nitrogens with one attached hydrogen (secondary N) is 1. The molecule has 1 aromatic carbocycles. The van der Waals surface area contributed by atoms with Crippen molar-refractivity contribution in [3.63, 3.8) is 0 Å². The molecule has 1 heterocycles. The summed E-state index contributed by atoms with van der Waals surface area (Å²) in [5.74, 6) is 2.05. The molecule has 6 heteroatoms. The molecule has 136 valence electrons. The minimum absolute atomic E-state index is 0. The first-order valence-electron chi connectivity index (χ1n) is 8.35. The number of hydrogen-bond acceptors (Lipinski definition) is 4. The van der Waals surface area contributed by atoms with Gasteiger partial charge in [-0.2, -0.15) is 0 Å². The molecule has 1 aliphatic carbocycles. The lowest BCUT2D eigenvalue weighted by atomic mass is 10.1. The SMILES string of the molecule is Cc1ccc(OCc2ccc(C(=O)NCC(N)C3CC3)o2)c(C)c1.Cl. The van der Waals surface area contributed by atoms with Crippen molar-refractivity contribution in [2.45, 2.75) is 39.3 Å². The van der Waals surface area contributed by atoms with Gasteiger partial charge in [-0.1, -0.05) is 17.7 Å². The van der Waals surface area contributed by atoms with Gasteiger partial charge in [-0.05, 0) is 56.4 Å². The fourth-order valence-electron chi connectivity index (χ4n) is 2.68. The first-order valence-corrected chi connectivity index (χ1v) is 8.35. The molecule has 0 spiro atoms. The quantitative estimate of drug-likeness (QED) is 0.789. The monoisotopic (exact) mass is 364 g/mol. The van der Waals surface area contributed by atoms with E-state index >= 15 is 0 Å². The molecule has 3 N–H and O–H groups in total. The van der Waals surface area contributed by atoms with Gasteiger partial charge in [0.2, 0.25) is 0 Å². The van der Waals surface area contributed by atoms with E-state index in [4.69, 9.17) is 14.9 Å². The summed E-state index contributed by atoms with van der Waals surface area (Å²) in [5, 5.41) is 2.82. The van der Waals surface area contributed by atoms with Crippen molar-refractivity contribution >= 4 is 18.3 Å². The van der Waals surface area contributed by atoms with E-state index in [0.29, 0.717) is 24.8 Å². The smallest absolute Gasteiger partial charge is 0.287 e. The summed E-state index contributed by atoms with van der Waals surface area (Å²) in [6.45, 7) is 4.83. The molecule has 1 amide bonds. The van der Waals surface area contributed by atoms with E-state index < -0.39 is 0 Å². The maximum absolute atomic E-state index is 12.1. The van der Waals surface area contributed by atoms with Crippen LogP contribution in [0.15, 0.2) is 34.7 Å². The number of halogens is 1. The lowest BCUT2D eigenvalue weighted by Crippen LogP contribution is -2.38. The number of hydrogen-bond donors (Lipinski definition) is 2. The summed E-state index contributed by atoms with van der Waals surface area (Å²) in [4.78, 5) is 12.1. The summed E-state index contributed by atoms with van der Waals surface area (Å²) in [7, 11) is 0. The lowest BCUT2D eigenvalue weighted by Gasteiger charge is -2.10. The van der Waals surface area contributed by atoms with Crippen molar-refractivity contribution in [2.24, 2.45) is 11.7 Å². The summed E-state index contributed by atoms with van der Waals surface area (Å²) in [6.07, 6.45) is 2.33. The normalized spacial score (nSPS) is 14.5. The molecule has 1 unspecified atom stereocenters. The highest BCUT2D eigenvalue weighted by atomic mass is 35.5. The lowest BCUT2D eigenvalue weighted by molar-refractivity contribution is 0.0918. The average Bonchev–Trinajstić information content (AvgIpc) is 3.30. The molecule has 0 radical (unpaired) electrons. The number of aryl methyl sites for hydroxylation is 2. The van der Waals surface area contributed by atoms with Crippen LogP contribution in [0.3, 0.4) is 0 Å². The number of carbonyl (C=O) groups is 1. The molecule has 25 heavy (non-hydrogen) atoms. The van der Waals surface area contributed by atoms with Crippen LogP contribution in [-0.2, 0) is 6.61 Å². The zero-order valence-electron chi connectivity index (χ0n) is 14.6. The second-order valence-corrected chi connectivity index (χ2v) is 6.53. The highest BCUT2D eigenvalue weighted by Crippen LogP contribution is 2.31. The molecule has 0 bridgehead atoms. The third-order valence-corrected chi connectivity index (χ3v) is 4.31. The minimum Gasteiger partial charge on any atom is -0.485 e. The summed E-state index contributed by atoms with van der Waals surface area (Å²) in [5.41, 5.74) is 8.26. The Morgan fingerprint density at radius 1 is 1.32 bits per heavy atom. The predicted molar refractivity (Wildman–Crippen MR) is 99.2 cm³/mol. The summed E-state index contributed by atoms with van der Waals surface area (Å²) < 4.78 is 11.3. The molecular weight excluding hydrogens is 340 g/mol. The van der Waals surface area contributed by atoms with Gasteiger partial charge in [-0.15, -0.1) is 12.4 Å². The Balaban J connectivity index is 0.00000225. The van der Waals surface area contributed by atoms with Gasteiger partial charge in [-0.25, -0.2) is 0 Å². The molecule has 1 aliphatic rings. The van der Waals surface area contributed by atoms with Crippen LogP contribution in [-0.4, -0.2) is 18.5 Å². The first kappa shape index (κ1) is 19.3. The predicted octanol–water partition coefficient (Wildman–Crippen LogP) is 3.36. The Morgan fingerprint density at radius 2 is 2.08 bits per heavy atom. The van der Waals surface area contributed by atoms with E-state index in [9.17, 15) is 4.79 Å². The van der Waals surface area contributed by atoms with Gasteiger partial charge in [-0.3, -0.25) is 4.79 Å². The van der Waals surface area contributed by atoms with Crippen molar-refractivity contribution in [2.75, 3.05) is 6.54 Å². The van der Waals surface area contributed by atoms with Crippen molar-refractivity contribution in [1.82, 2.24) is 5.32 Å². The number of furan rings is 1. The fraction of sp³-hybridized carbons (Fsp3) is 0.421. The van der Waals surface area contributed by atoms with E-state index in [2.05, 4.69) is 11.4 Å². The Morgan fingerprint density at radius 3 is 2.76 bits per heavy atom. The molecule has 1 saturated carbocycles. The highest BCUT2D eigenvalue weighted by Gasteiger charge is 2.28. The first-order chi connectivity index (χ1) is 11.5. The molecule has 5 nitrogen and oxygen atoms in total. The van der Waals surface area contributed by atoms with Crippen LogP contribution in [0, 0.1) is 19.8 Å². The minimum atomic E-state index is -0.233. The van der Waals surface area contributed by atoms with Crippen LogP contribution < -0.4 is 15.8 Å². The van der Waals surface area contributed by atoms with Gasteiger partial charge in [0.15, 0.2) is 5.76 Å². The van der Waals surface area contributed by atoms with Crippen LogP contribution in [0.5, 0.6) is 5.75 Å². The van der Waals surface area contributed by atoms with Crippen molar-refractivity contribution in [1.29, 1.82) is 0 Å². The topological polar surface area (TPSA) is 77.5 Å². The molecule has 2 aromatic rings. The third-order valence-electron chi connectivity index (χ3n) is 4.31. The van der Waals surface area contributed by atoms with Gasteiger partial charge in [0.05, 0.1) is 0 Å². The zero-order chi connectivity index (χ0) is 17.1. The van der Waals surface area contributed by atoms with E-state index in [1.807, 2.05) is 26.0 Å². The number of ether oxygens (including phenoxy) is 1. The van der Waals surface area contributed by atoms with E-state index in [-0.39, 0.29) is 30.1 Å². The van der Waals surface area contributed by atoms with Gasteiger partial charge >= 0.3 is 0 Å². The second kappa shape index (κ2) is 8.41. The van der Waals surface area contributed by atoms with Gasteiger partial charge < -0.3 is 20.2 Å². The van der Waals surface area contributed by atoms with Crippen molar-refractivity contribution in [3.8, 4) is 5.75 Å². The Hall–Kier alpha value is -1.98. The standard InChI is InChI=1S/C19H24N2O3.ClH/c1-12-3-7-17(13(2)9-12)23-11-15-6-8-18(24-15)19(22)21-10-16(20)14-4-5-14;/h3,6-9,14,16H,4-5,10-11,20H2,1-2H3,(H,21,22);1H. The third kappa shape index (κ3) is 5.25. The molecule has 1 aromatic heterocycles. The number of nitrogens with two attached hydrogens (primary N) is 1. The van der Waals surface area contributed by atoms with E-state index in [1.54, 1.807) is 12.1 Å². The van der Waals surface area contributed by atoms with Crippen LogP contribution in [0.1, 0.15) is 40.3 Å². The van der Waals surface area contributed by atoms with Crippen LogP contribution in [0.25, 0.3) is 0 Å². The van der Waals surface area contributed by atoms with E-state index in [1.165, 1.54) is 5.56 Å².